The zero-order chi connectivity index (χ0) is 24.6. The van der Waals surface area contributed by atoms with Crippen LogP contribution in [0.4, 0.5) is 0 Å². The van der Waals surface area contributed by atoms with E-state index in [1.54, 1.807) is 24.3 Å². The van der Waals surface area contributed by atoms with Gasteiger partial charge in [-0.15, -0.1) is 0 Å². The van der Waals surface area contributed by atoms with Crippen molar-refractivity contribution in [3.8, 4) is 5.75 Å². The minimum Gasteiger partial charge on any atom is -0.379 e. The molecule has 0 fully saturated rings. The average molecular weight is 479 g/mol. The number of benzene rings is 3. The first-order valence-corrected chi connectivity index (χ1v) is 12.1. The molecule has 0 aromatic heterocycles. The second-order valence-corrected chi connectivity index (χ2v) is 9.20. The van der Waals surface area contributed by atoms with Crippen molar-refractivity contribution in [3.63, 3.8) is 0 Å². The monoisotopic (exact) mass is 478 g/mol. The smallest absolute Gasteiger partial charge is 0.339 e. The molecule has 0 aliphatic rings. The Hall–Kier alpha value is -3.91. The predicted octanol–water partition coefficient (Wildman–Crippen LogP) is 3.60. The Morgan fingerprint density at radius 2 is 1.56 bits per heavy atom. The Balaban J connectivity index is 1.68. The Labute approximate surface area is 199 Å². The number of amides is 2. The van der Waals surface area contributed by atoms with Crippen molar-refractivity contribution in [1.29, 1.82) is 0 Å². The van der Waals surface area contributed by atoms with E-state index < -0.39 is 16.0 Å². The van der Waals surface area contributed by atoms with Crippen LogP contribution in [-0.4, -0.2) is 26.8 Å². The fraction of sp³-hybridized carbons (Fsp3) is 0.154. The van der Waals surface area contributed by atoms with Gasteiger partial charge in [-0.3, -0.25) is 9.59 Å². The molecule has 0 atom stereocenters. The van der Waals surface area contributed by atoms with E-state index >= 15 is 0 Å². The van der Waals surface area contributed by atoms with Crippen LogP contribution in [0.3, 0.4) is 0 Å². The highest BCUT2D eigenvalue weighted by Crippen LogP contribution is 2.20. The minimum absolute atomic E-state index is 0.0576. The highest BCUT2D eigenvalue weighted by molar-refractivity contribution is 7.87. The Kier molecular flexibility index (Phi) is 8.21. The molecule has 0 saturated carbocycles. The molecule has 2 amide bonds. The van der Waals surface area contributed by atoms with Crippen LogP contribution < -0.4 is 14.8 Å². The standard InChI is InChI=1S/C26H26N2O5S/c1-19-8-14-24(15-9-19)34(31,32)33-23-12-10-22(11-13-23)18-25(28-20(2)29)26(30)27-17-16-21-6-4-3-5-7-21/h3-15,18H,16-17H2,1-2H3,(H,27,30)(H,28,29)/b25-18+. The second kappa shape index (κ2) is 11.3. The quantitative estimate of drug-likeness (QED) is 0.362. The molecular formula is C26H26N2O5S. The fourth-order valence-electron chi connectivity index (χ4n) is 3.07. The highest BCUT2D eigenvalue weighted by Gasteiger charge is 2.16. The number of nitrogens with one attached hydrogen (secondary N) is 2. The largest absolute Gasteiger partial charge is 0.379 e. The van der Waals surface area contributed by atoms with Crippen molar-refractivity contribution in [2.75, 3.05) is 6.54 Å². The number of carbonyl (C=O) groups is 2. The van der Waals surface area contributed by atoms with Crippen LogP contribution in [0.25, 0.3) is 6.08 Å². The second-order valence-electron chi connectivity index (χ2n) is 7.65. The number of hydrogen-bond donors (Lipinski definition) is 2. The molecule has 0 unspecified atom stereocenters. The van der Waals surface area contributed by atoms with Gasteiger partial charge in [0.1, 0.15) is 16.3 Å². The predicted molar refractivity (Wildman–Crippen MR) is 130 cm³/mol. The first-order chi connectivity index (χ1) is 16.2. The summed E-state index contributed by atoms with van der Waals surface area (Å²) in [5.74, 6) is -0.673. The van der Waals surface area contributed by atoms with Gasteiger partial charge >= 0.3 is 10.1 Å². The molecule has 0 spiro atoms. The summed E-state index contributed by atoms with van der Waals surface area (Å²) in [6.45, 7) is 3.59. The molecule has 0 bridgehead atoms. The van der Waals surface area contributed by atoms with Crippen molar-refractivity contribution in [2.24, 2.45) is 0 Å². The van der Waals surface area contributed by atoms with Crippen LogP contribution in [0.5, 0.6) is 5.75 Å². The number of hydrogen-bond acceptors (Lipinski definition) is 5. The first-order valence-electron chi connectivity index (χ1n) is 10.7. The van der Waals surface area contributed by atoms with Crippen molar-refractivity contribution in [1.82, 2.24) is 10.6 Å². The number of rotatable bonds is 9. The van der Waals surface area contributed by atoms with Gasteiger partial charge in [-0.2, -0.15) is 8.42 Å². The Morgan fingerprint density at radius 3 is 2.18 bits per heavy atom. The summed E-state index contributed by atoms with van der Waals surface area (Å²) >= 11 is 0. The molecule has 176 valence electrons. The Bertz CT molecular complexity index is 1270. The van der Waals surface area contributed by atoms with Crippen LogP contribution >= 0.6 is 0 Å². The van der Waals surface area contributed by atoms with Crippen molar-refractivity contribution in [3.05, 3.63) is 101 Å². The maximum Gasteiger partial charge on any atom is 0.339 e. The van der Waals surface area contributed by atoms with Crippen LogP contribution in [0.2, 0.25) is 0 Å². The number of aryl methyl sites for hydroxylation is 1. The molecule has 3 aromatic carbocycles. The van der Waals surface area contributed by atoms with Gasteiger partial charge in [-0.25, -0.2) is 0 Å². The van der Waals surface area contributed by atoms with Gasteiger partial charge in [0.05, 0.1) is 0 Å². The molecule has 7 nitrogen and oxygen atoms in total. The van der Waals surface area contributed by atoms with Gasteiger partial charge in [0.15, 0.2) is 0 Å². The summed E-state index contributed by atoms with van der Waals surface area (Å²) < 4.78 is 30.1. The summed E-state index contributed by atoms with van der Waals surface area (Å²) in [5, 5.41) is 5.33. The van der Waals surface area contributed by atoms with E-state index in [0.717, 1.165) is 11.1 Å². The van der Waals surface area contributed by atoms with E-state index in [9.17, 15) is 18.0 Å². The lowest BCUT2D eigenvalue weighted by atomic mass is 10.1. The van der Waals surface area contributed by atoms with E-state index in [2.05, 4.69) is 10.6 Å². The van der Waals surface area contributed by atoms with Crippen LogP contribution in [0.15, 0.2) is 89.5 Å². The third-order valence-electron chi connectivity index (χ3n) is 4.80. The summed E-state index contributed by atoms with van der Waals surface area (Å²) in [4.78, 5) is 24.3. The lowest BCUT2D eigenvalue weighted by Gasteiger charge is -2.10. The van der Waals surface area contributed by atoms with E-state index in [1.807, 2.05) is 37.3 Å². The van der Waals surface area contributed by atoms with Gasteiger partial charge < -0.3 is 14.8 Å². The van der Waals surface area contributed by atoms with E-state index in [0.29, 0.717) is 18.5 Å². The summed E-state index contributed by atoms with van der Waals surface area (Å²) in [5.41, 5.74) is 2.70. The summed E-state index contributed by atoms with van der Waals surface area (Å²) in [7, 11) is -3.97. The SMILES string of the molecule is CC(=O)N/C(=C/c1ccc(OS(=O)(=O)c2ccc(C)cc2)cc1)C(=O)NCCc1ccccc1. The molecule has 0 heterocycles. The molecule has 2 N–H and O–H groups in total. The molecule has 0 saturated heterocycles. The third-order valence-corrected chi connectivity index (χ3v) is 6.07. The number of carbonyl (C=O) groups excluding carboxylic acids is 2. The first kappa shape index (κ1) is 24.7. The van der Waals surface area contributed by atoms with Crippen molar-refractivity contribution >= 4 is 28.0 Å². The molecule has 0 aliphatic heterocycles. The molecule has 3 rings (SSSR count). The normalized spacial score (nSPS) is 11.5. The molecule has 0 radical (unpaired) electrons. The summed E-state index contributed by atoms with van der Waals surface area (Å²) in [6.07, 6.45) is 2.17. The molecule has 0 aliphatic carbocycles. The van der Waals surface area contributed by atoms with Crippen LogP contribution in [-0.2, 0) is 26.1 Å². The zero-order valence-electron chi connectivity index (χ0n) is 18.9. The Morgan fingerprint density at radius 1 is 0.912 bits per heavy atom. The highest BCUT2D eigenvalue weighted by atomic mass is 32.2. The van der Waals surface area contributed by atoms with Crippen LogP contribution in [0, 0.1) is 6.92 Å². The summed E-state index contributed by atoms with van der Waals surface area (Å²) in [6, 6.07) is 22.2. The topological polar surface area (TPSA) is 102 Å². The molecular weight excluding hydrogens is 452 g/mol. The van der Waals surface area contributed by atoms with E-state index in [1.165, 1.54) is 37.3 Å². The van der Waals surface area contributed by atoms with Crippen molar-refractivity contribution in [2.45, 2.75) is 25.2 Å². The van der Waals surface area contributed by atoms with Crippen molar-refractivity contribution < 1.29 is 22.2 Å². The lowest BCUT2D eigenvalue weighted by Crippen LogP contribution is -2.34. The van der Waals surface area contributed by atoms with E-state index in [4.69, 9.17) is 4.18 Å². The molecule has 3 aromatic rings. The third kappa shape index (κ3) is 7.31. The zero-order valence-corrected chi connectivity index (χ0v) is 19.8. The lowest BCUT2D eigenvalue weighted by molar-refractivity contribution is -0.122. The minimum atomic E-state index is -3.97. The fourth-order valence-corrected chi connectivity index (χ4v) is 4.00. The van der Waals surface area contributed by atoms with E-state index in [-0.39, 0.29) is 22.2 Å². The molecule has 34 heavy (non-hydrogen) atoms. The van der Waals surface area contributed by atoms with Gasteiger partial charge in [0, 0.05) is 13.5 Å². The van der Waals surface area contributed by atoms with Gasteiger partial charge in [0.2, 0.25) is 5.91 Å². The van der Waals surface area contributed by atoms with Crippen LogP contribution in [0.1, 0.15) is 23.6 Å². The molecule has 8 heteroatoms. The van der Waals surface area contributed by atoms with Gasteiger partial charge in [-0.05, 0) is 54.8 Å². The maximum atomic E-state index is 12.6. The average Bonchev–Trinajstić information content (AvgIpc) is 2.80. The van der Waals surface area contributed by atoms with Gasteiger partial charge in [-0.1, -0.05) is 60.2 Å². The van der Waals surface area contributed by atoms with Gasteiger partial charge in [0.25, 0.3) is 5.91 Å². The maximum absolute atomic E-state index is 12.6.